The highest BCUT2D eigenvalue weighted by Gasteiger charge is 2.20. The number of ketones is 1. The molecule has 0 saturated heterocycles. The van der Waals surface area contributed by atoms with E-state index >= 15 is 0 Å². The van der Waals surface area contributed by atoms with Gasteiger partial charge in [-0.25, -0.2) is 0 Å². The zero-order valence-electron chi connectivity index (χ0n) is 7.52. The number of hydrogen-bond acceptors (Lipinski definition) is 5. The quantitative estimate of drug-likeness (QED) is 0.722. The molecule has 0 fully saturated rings. The molecular weight excluding hydrogens is 184 g/mol. The third-order valence-electron chi connectivity index (χ3n) is 1.91. The standard InChI is InChI=1S/C9H8N2O3/c1-5-10-9(11-14-5)6-3-2-4-7(12)8(6)13/h2,4,13H,3H2,1H3. The summed E-state index contributed by atoms with van der Waals surface area (Å²) >= 11 is 0. The van der Waals surface area contributed by atoms with Crippen molar-refractivity contribution in [3.63, 3.8) is 0 Å². The Morgan fingerprint density at radius 2 is 2.36 bits per heavy atom. The van der Waals surface area contributed by atoms with E-state index in [1.54, 1.807) is 13.0 Å². The van der Waals surface area contributed by atoms with Crippen LogP contribution < -0.4 is 0 Å². The van der Waals surface area contributed by atoms with E-state index in [2.05, 4.69) is 10.1 Å². The van der Waals surface area contributed by atoms with E-state index in [0.717, 1.165) is 0 Å². The van der Waals surface area contributed by atoms with E-state index in [1.807, 2.05) is 0 Å². The summed E-state index contributed by atoms with van der Waals surface area (Å²) in [5.74, 6) is -0.0398. The zero-order chi connectivity index (χ0) is 10.1. The average molecular weight is 192 g/mol. The van der Waals surface area contributed by atoms with Crippen LogP contribution in [-0.4, -0.2) is 21.0 Å². The fraction of sp³-hybridized carbons (Fsp3) is 0.222. The Kier molecular flexibility index (Phi) is 1.92. The molecule has 14 heavy (non-hydrogen) atoms. The molecule has 72 valence electrons. The molecule has 0 aliphatic heterocycles. The molecule has 1 aliphatic carbocycles. The molecular formula is C9H8N2O3. The number of carbonyl (C=O) groups is 1. The smallest absolute Gasteiger partial charge is 0.223 e. The lowest BCUT2D eigenvalue weighted by atomic mass is 10.0. The molecule has 5 nitrogen and oxygen atoms in total. The first-order chi connectivity index (χ1) is 6.68. The van der Waals surface area contributed by atoms with E-state index in [-0.39, 0.29) is 11.6 Å². The Balaban J connectivity index is 2.44. The largest absolute Gasteiger partial charge is 0.504 e. The van der Waals surface area contributed by atoms with Crippen LogP contribution in [0.25, 0.3) is 5.57 Å². The van der Waals surface area contributed by atoms with Gasteiger partial charge in [0.25, 0.3) is 0 Å². The Morgan fingerprint density at radius 3 is 3.00 bits per heavy atom. The normalized spacial score (nSPS) is 16.5. The second-order valence-corrected chi connectivity index (χ2v) is 2.93. The van der Waals surface area contributed by atoms with E-state index in [1.165, 1.54) is 6.08 Å². The summed E-state index contributed by atoms with van der Waals surface area (Å²) < 4.78 is 4.76. The molecule has 1 aromatic heterocycles. The predicted molar refractivity (Wildman–Crippen MR) is 47.3 cm³/mol. The number of nitrogens with zero attached hydrogens (tertiary/aromatic N) is 2. The van der Waals surface area contributed by atoms with Gasteiger partial charge in [0.1, 0.15) is 0 Å². The molecule has 0 amide bonds. The second kappa shape index (κ2) is 3.10. The van der Waals surface area contributed by atoms with Crippen LogP contribution in [0.4, 0.5) is 0 Å². The maximum absolute atomic E-state index is 11.1. The van der Waals surface area contributed by atoms with Gasteiger partial charge in [-0.05, 0) is 12.5 Å². The summed E-state index contributed by atoms with van der Waals surface area (Å²) in [4.78, 5) is 15.0. The maximum Gasteiger partial charge on any atom is 0.223 e. The Hall–Kier alpha value is -1.91. The number of hydrogen-bond donors (Lipinski definition) is 1. The lowest BCUT2D eigenvalue weighted by molar-refractivity contribution is -0.113. The summed E-state index contributed by atoms with van der Waals surface area (Å²) in [6, 6.07) is 0. The lowest BCUT2D eigenvalue weighted by Crippen LogP contribution is -2.06. The van der Waals surface area contributed by atoms with Gasteiger partial charge in [-0.15, -0.1) is 0 Å². The monoisotopic (exact) mass is 192 g/mol. The lowest BCUT2D eigenvalue weighted by Gasteiger charge is -2.06. The van der Waals surface area contributed by atoms with E-state index < -0.39 is 5.78 Å². The highest BCUT2D eigenvalue weighted by molar-refractivity contribution is 6.08. The highest BCUT2D eigenvalue weighted by Crippen LogP contribution is 2.23. The molecule has 5 heteroatoms. The molecule has 0 bridgehead atoms. The van der Waals surface area contributed by atoms with Gasteiger partial charge in [-0.1, -0.05) is 11.2 Å². The molecule has 0 radical (unpaired) electrons. The molecule has 1 aromatic rings. The van der Waals surface area contributed by atoms with Crippen molar-refractivity contribution in [2.24, 2.45) is 0 Å². The number of aromatic nitrogens is 2. The van der Waals surface area contributed by atoms with Crippen LogP contribution in [0, 0.1) is 6.92 Å². The van der Waals surface area contributed by atoms with Gasteiger partial charge in [-0.2, -0.15) is 4.98 Å². The summed E-state index contributed by atoms with van der Waals surface area (Å²) in [7, 11) is 0. The Labute approximate surface area is 79.7 Å². The predicted octanol–water partition coefficient (Wildman–Crippen LogP) is 1.18. The van der Waals surface area contributed by atoms with Crippen molar-refractivity contribution in [1.82, 2.24) is 10.1 Å². The number of aryl methyl sites for hydroxylation is 1. The first-order valence-corrected chi connectivity index (χ1v) is 4.12. The maximum atomic E-state index is 11.1. The number of allylic oxidation sites excluding steroid dienone is 3. The number of rotatable bonds is 1. The summed E-state index contributed by atoms with van der Waals surface area (Å²) in [5.41, 5.74) is 0.411. The topological polar surface area (TPSA) is 76.2 Å². The van der Waals surface area contributed by atoms with Crippen LogP contribution >= 0.6 is 0 Å². The van der Waals surface area contributed by atoms with Crippen LogP contribution in [0.15, 0.2) is 22.4 Å². The fourth-order valence-corrected chi connectivity index (χ4v) is 1.23. The van der Waals surface area contributed by atoms with Gasteiger partial charge in [0.2, 0.25) is 17.5 Å². The zero-order valence-corrected chi connectivity index (χ0v) is 7.52. The molecule has 1 heterocycles. The summed E-state index contributed by atoms with van der Waals surface area (Å²) in [5, 5.41) is 13.1. The SMILES string of the molecule is Cc1nc(C2=C(O)C(=O)C=CC2)no1. The minimum absolute atomic E-state index is 0.276. The van der Waals surface area contributed by atoms with E-state index in [4.69, 9.17) is 4.52 Å². The molecule has 2 rings (SSSR count). The minimum Gasteiger partial charge on any atom is -0.504 e. The van der Waals surface area contributed by atoms with Crippen molar-refractivity contribution < 1.29 is 14.4 Å². The van der Waals surface area contributed by atoms with Crippen LogP contribution in [0.1, 0.15) is 18.1 Å². The van der Waals surface area contributed by atoms with Gasteiger partial charge in [0.05, 0.1) is 0 Å². The molecule has 0 saturated carbocycles. The third-order valence-corrected chi connectivity index (χ3v) is 1.91. The van der Waals surface area contributed by atoms with Gasteiger partial charge >= 0.3 is 0 Å². The van der Waals surface area contributed by atoms with Crippen molar-refractivity contribution in [1.29, 1.82) is 0 Å². The molecule has 0 atom stereocenters. The first-order valence-electron chi connectivity index (χ1n) is 4.12. The fourth-order valence-electron chi connectivity index (χ4n) is 1.23. The van der Waals surface area contributed by atoms with Crippen molar-refractivity contribution in [2.45, 2.75) is 13.3 Å². The van der Waals surface area contributed by atoms with Crippen LogP contribution in [0.3, 0.4) is 0 Å². The molecule has 1 aliphatic rings. The van der Waals surface area contributed by atoms with Crippen LogP contribution in [-0.2, 0) is 4.79 Å². The number of aliphatic hydroxyl groups excluding tert-OH is 1. The molecule has 1 N–H and O–H groups in total. The van der Waals surface area contributed by atoms with E-state index in [9.17, 15) is 9.90 Å². The van der Waals surface area contributed by atoms with Gasteiger partial charge in [-0.3, -0.25) is 4.79 Å². The van der Waals surface area contributed by atoms with Crippen LogP contribution in [0.2, 0.25) is 0 Å². The van der Waals surface area contributed by atoms with Crippen molar-refractivity contribution in [3.05, 3.63) is 29.6 Å². The summed E-state index contributed by atoms with van der Waals surface area (Å²) in [6.45, 7) is 1.65. The first kappa shape index (κ1) is 8.68. The van der Waals surface area contributed by atoms with E-state index in [0.29, 0.717) is 17.9 Å². The van der Waals surface area contributed by atoms with Gasteiger partial charge < -0.3 is 9.63 Å². The molecule has 0 spiro atoms. The van der Waals surface area contributed by atoms with Crippen LogP contribution in [0.5, 0.6) is 0 Å². The third kappa shape index (κ3) is 1.32. The number of aliphatic hydroxyl groups is 1. The molecule has 0 unspecified atom stereocenters. The Bertz CT molecular complexity index is 443. The van der Waals surface area contributed by atoms with Crippen molar-refractivity contribution in [3.8, 4) is 0 Å². The molecule has 0 aromatic carbocycles. The average Bonchev–Trinajstić information content (AvgIpc) is 2.57. The van der Waals surface area contributed by atoms with Gasteiger partial charge in [0, 0.05) is 12.5 Å². The van der Waals surface area contributed by atoms with Crippen molar-refractivity contribution >= 4 is 11.4 Å². The van der Waals surface area contributed by atoms with Gasteiger partial charge in [0.15, 0.2) is 5.76 Å². The number of carbonyl (C=O) groups excluding carboxylic acids is 1. The minimum atomic E-state index is -0.422. The Morgan fingerprint density at radius 1 is 1.57 bits per heavy atom. The summed E-state index contributed by atoms with van der Waals surface area (Å²) in [6.07, 6.45) is 3.42. The highest BCUT2D eigenvalue weighted by atomic mass is 16.5. The second-order valence-electron chi connectivity index (χ2n) is 2.93. The van der Waals surface area contributed by atoms with Crippen molar-refractivity contribution in [2.75, 3.05) is 0 Å².